The summed E-state index contributed by atoms with van der Waals surface area (Å²) in [5.41, 5.74) is 0.496. The van der Waals surface area contributed by atoms with E-state index in [1.165, 1.54) is 6.07 Å². The fourth-order valence-electron chi connectivity index (χ4n) is 1.74. The summed E-state index contributed by atoms with van der Waals surface area (Å²) in [7, 11) is 0. The zero-order valence-electron chi connectivity index (χ0n) is 10.5. The van der Waals surface area contributed by atoms with Crippen molar-refractivity contribution in [2.75, 3.05) is 0 Å². The Morgan fingerprint density at radius 3 is 2.90 bits per heavy atom. The summed E-state index contributed by atoms with van der Waals surface area (Å²) in [5, 5.41) is 13.6. The van der Waals surface area contributed by atoms with Crippen molar-refractivity contribution in [3.8, 4) is 0 Å². The van der Waals surface area contributed by atoms with Gasteiger partial charge in [0.05, 0.1) is 17.0 Å². The molecule has 1 heterocycles. The molecule has 104 valence electrons. The average molecular weight is 339 g/mol. The first kappa shape index (κ1) is 14.2. The van der Waals surface area contributed by atoms with E-state index in [0.29, 0.717) is 15.9 Å². The van der Waals surface area contributed by atoms with E-state index in [2.05, 4.69) is 31.2 Å². The molecule has 20 heavy (non-hydrogen) atoms. The van der Waals surface area contributed by atoms with E-state index >= 15 is 0 Å². The predicted molar refractivity (Wildman–Crippen MR) is 75.3 cm³/mol. The number of imidazole rings is 1. The standard InChI is InChI=1S/C12H11BrN4O3/c1-7-9(4-8(13)5-10(7)17(19)20)12(18)16-6-11-14-2-3-15-11/h2-5H,6H2,1H3,(H,14,15)(H,16,18). The number of H-pyrrole nitrogens is 1. The maximum absolute atomic E-state index is 12.1. The third-order valence-electron chi connectivity index (χ3n) is 2.76. The van der Waals surface area contributed by atoms with E-state index in [-0.39, 0.29) is 23.7 Å². The summed E-state index contributed by atoms with van der Waals surface area (Å²) in [6, 6.07) is 2.93. The summed E-state index contributed by atoms with van der Waals surface area (Å²) in [5.74, 6) is 0.226. The lowest BCUT2D eigenvalue weighted by molar-refractivity contribution is -0.385. The smallest absolute Gasteiger partial charge is 0.274 e. The van der Waals surface area contributed by atoms with Crippen LogP contribution in [0.1, 0.15) is 21.7 Å². The Morgan fingerprint density at radius 2 is 2.30 bits per heavy atom. The summed E-state index contributed by atoms with van der Waals surface area (Å²) in [4.78, 5) is 29.3. The van der Waals surface area contributed by atoms with Crippen molar-refractivity contribution in [1.82, 2.24) is 15.3 Å². The second-order valence-corrected chi connectivity index (χ2v) is 4.99. The topological polar surface area (TPSA) is 101 Å². The molecule has 0 aliphatic heterocycles. The predicted octanol–water partition coefficient (Wildman–Crippen LogP) is 2.32. The van der Waals surface area contributed by atoms with Gasteiger partial charge in [-0.25, -0.2) is 4.98 Å². The van der Waals surface area contributed by atoms with E-state index in [4.69, 9.17) is 0 Å². The van der Waals surface area contributed by atoms with Gasteiger partial charge in [-0.15, -0.1) is 0 Å². The molecule has 0 saturated heterocycles. The number of rotatable bonds is 4. The number of nitro benzene ring substituents is 1. The highest BCUT2D eigenvalue weighted by atomic mass is 79.9. The Balaban J connectivity index is 2.23. The molecule has 8 heteroatoms. The Hall–Kier alpha value is -2.22. The minimum atomic E-state index is -0.511. The molecule has 1 amide bonds. The summed E-state index contributed by atoms with van der Waals surface area (Å²) >= 11 is 3.17. The number of hydrogen-bond acceptors (Lipinski definition) is 4. The number of aromatic amines is 1. The lowest BCUT2D eigenvalue weighted by Crippen LogP contribution is -2.24. The molecule has 7 nitrogen and oxygen atoms in total. The van der Waals surface area contributed by atoms with Gasteiger partial charge in [0.25, 0.3) is 11.6 Å². The van der Waals surface area contributed by atoms with Gasteiger partial charge in [0, 0.05) is 28.5 Å². The fourth-order valence-corrected chi connectivity index (χ4v) is 2.19. The van der Waals surface area contributed by atoms with Crippen molar-refractivity contribution in [3.63, 3.8) is 0 Å². The number of nitro groups is 1. The van der Waals surface area contributed by atoms with Gasteiger partial charge in [0.2, 0.25) is 0 Å². The fraction of sp³-hybridized carbons (Fsp3) is 0.167. The van der Waals surface area contributed by atoms with Gasteiger partial charge in [0.15, 0.2) is 0 Å². The van der Waals surface area contributed by atoms with Crippen LogP contribution in [0.4, 0.5) is 5.69 Å². The molecule has 0 radical (unpaired) electrons. The van der Waals surface area contributed by atoms with Crippen molar-refractivity contribution < 1.29 is 9.72 Å². The third-order valence-corrected chi connectivity index (χ3v) is 3.22. The van der Waals surface area contributed by atoms with E-state index in [1.807, 2.05) is 0 Å². The number of amides is 1. The number of nitrogens with zero attached hydrogens (tertiary/aromatic N) is 2. The van der Waals surface area contributed by atoms with Crippen molar-refractivity contribution in [3.05, 3.63) is 56.1 Å². The minimum absolute atomic E-state index is 0.0949. The first-order chi connectivity index (χ1) is 9.49. The third kappa shape index (κ3) is 3.02. The number of carbonyl (C=O) groups excluding carboxylic acids is 1. The molecule has 0 atom stereocenters. The zero-order valence-corrected chi connectivity index (χ0v) is 12.1. The summed E-state index contributed by atoms with van der Waals surface area (Å²) < 4.78 is 0.484. The number of carbonyl (C=O) groups is 1. The molecule has 1 aromatic heterocycles. The maximum Gasteiger partial charge on any atom is 0.274 e. The van der Waals surface area contributed by atoms with Crippen molar-refractivity contribution >= 4 is 27.5 Å². The highest BCUT2D eigenvalue weighted by Gasteiger charge is 2.19. The number of benzene rings is 1. The van der Waals surface area contributed by atoms with Gasteiger partial charge in [-0.3, -0.25) is 14.9 Å². The summed E-state index contributed by atoms with van der Waals surface area (Å²) in [6.07, 6.45) is 3.23. The molecule has 0 aliphatic rings. The molecule has 0 saturated carbocycles. The highest BCUT2D eigenvalue weighted by Crippen LogP contribution is 2.26. The molecule has 0 fully saturated rings. The van der Waals surface area contributed by atoms with Crippen molar-refractivity contribution in [1.29, 1.82) is 0 Å². The van der Waals surface area contributed by atoms with Crippen LogP contribution in [0.2, 0.25) is 0 Å². The average Bonchev–Trinajstić information content (AvgIpc) is 2.91. The van der Waals surface area contributed by atoms with Gasteiger partial charge in [0.1, 0.15) is 5.82 Å². The van der Waals surface area contributed by atoms with Crippen LogP contribution in [0.3, 0.4) is 0 Å². The van der Waals surface area contributed by atoms with Gasteiger partial charge >= 0.3 is 0 Å². The molecular weight excluding hydrogens is 328 g/mol. The van der Waals surface area contributed by atoms with E-state index < -0.39 is 4.92 Å². The molecule has 1 aromatic carbocycles. The second kappa shape index (κ2) is 5.83. The molecule has 0 unspecified atom stereocenters. The summed E-state index contributed by atoms with van der Waals surface area (Å²) in [6.45, 7) is 1.78. The highest BCUT2D eigenvalue weighted by molar-refractivity contribution is 9.10. The molecule has 0 bridgehead atoms. The van der Waals surface area contributed by atoms with Crippen LogP contribution in [0.5, 0.6) is 0 Å². The SMILES string of the molecule is Cc1c(C(=O)NCc2ncc[nH]2)cc(Br)cc1[N+](=O)[O-]. The zero-order chi connectivity index (χ0) is 14.7. The molecule has 0 spiro atoms. The largest absolute Gasteiger partial charge is 0.347 e. The molecule has 2 aromatic rings. The van der Waals surface area contributed by atoms with Gasteiger partial charge in [-0.2, -0.15) is 0 Å². The van der Waals surface area contributed by atoms with Crippen molar-refractivity contribution in [2.45, 2.75) is 13.5 Å². The lowest BCUT2D eigenvalue weighted by Gasteiger charge is -2.08. The van der Waals surface area contributed by atoms with Crippen molar-refractivity contribution in [2.24, 2.45) is 0 Å². The number of halogens is 1. The van der Waals surface area contributed by atoms with Gasteiger partial charge in [-0.1, -0.05) is 15.9 Å². The Kier molecular flexibility index (Phi) is 4.14. The van der Waals surface area contributed by atoms with Crippen LogP contribution < -0.4 is 5.32 Å². The molecule has 2 N–H and O–H groups in total. The van der Waals surface area contributed by atoms with Crippen LogP contribution in [-0.2, 0) is 6.54 Å². The van der Waals surface area contributed by atoms with E-state index in [0.717, 1.165) is 0 Å². The molecule has 2 rings (SSSR count). The Labute approximate surface area is 122 Å². The number of aromatic nitrogens is 2. The van der Waals surface area contributed by atoms with Crippen LogP contribution in [-0.4, -0.2) is 20.8 Å². The quantitative estimate of drug-likeness (QED) is 0.659. The van der Waals surface area contributed by atoms with Crippen LogP contribution in [0.25, 0.3) is 0 Å². The minimum Gasteiger partial charge on any atom is -0.347 e. The monoisotopic (exact) mass is 338 g/mol. The van der Waals surface area contributed by atoms with Gasteiger partial charge in [-0.05, 0) is 13.0 Å². The van der Waals surface area contributed by atoms with Crippen LogP contribution >= 0.6 is 15.9 Å². The van der Waals surface area contributed by atoms with E-state index in [1.54, 1.807) is 25.4 Å². The normalized spacial score (nSPS) is 10.3. The van der Waals surface area contributed by atoms with E-state index in [9.17, 15) is 14.9 Å². The molecular formula is C12H11BrN4O3. The maximum atomic E-state index is 12.1. The van der Waals surface area contributed by atoms with Gasteiger partial charge < -0.3 is 10.3 Å². The lowest BCUT2D eigenvalue weighted by atomic mass is 10.1. The first-order valence-electron chi connectivity index (χ1n) is 5.70. The van der Waals surface area contributed by atoms with Crippen LogP contribution in [0.15, 0.2) is 29.0 Å². The van der Waals surface area contributed by atoms with Crippen LogP contribution in [0, 0.1) is 17.0 Å². The Bertz CT molecular complexity index is 655. The number of nitrogens with one attached hydrogen (secondary N) is 2. The molecule has 0 aliphatic carbocycles. The Morgan fingerprint density at radius 1 is 1.55 bits per heavy atom. The number of hydrogen-bond donors (Lipinski definition) is 2. The second-order valence-electron chi connectivity index (χ2n) is 4.07. The first-order valence-corrected chi connectivity index (χ1v) is 6.49.